The van der Waals surface area contributed by atoms with E-state index >= 15 is 0 Å². The molecule has 1 aromatic heterocycles. The minimum absolute atomic E-state index is 0.0148. The second-order valence-corrected chi connectivity index (χ2v) is 3.94. The first kappa shape index (κ1) is 12.4. The lowest BCUT2D eigenvalue weighted by Gasteiger charge is -1.99. The molecule has 1 heterocycles. The summed E-state index contributed by atoms with van der Waals surface area (Å²) in [6.07, 6.45) is 2.72. The van der Waals surface area contributed by atoms with Crippen molar-refractivity contribution in [1.29, 1.82) is 0 Å². The summed E-state index contributed by atoms with van der Waals surface area (Å²) in [7, 11) is 1.61. The summed E-state index contributed by atoms with van der Waals surface area (Å²) in [5.41, 5.74) is 1.22. The van der Waals surface area contributed by atoms with Gasteiger partial charge in [0.15, 0.2) is 5.78 Å². The fourth-order valence-corrected chi connectivity index (χ4v) is 1.62. The van der Waals surface area contributed by atoms with Gasteiger partial charge in [-0.1, -0.05) is 6.92 Å². The predicted molar refractivity (Wildman–Crippen MR) is 67.7 cm³/mol. The predicted octanol–water partition coefficient (Wildman–Crippen LogP) is 3.33. The van der Waals surface area contributed by atoms with Crippen LogP contribution in [0.15, 0.2) is 34.9 Å². The molecule has 0 unspecified atom stereocenters. The molecule has 0 spiro atoms. The molecule has 0 amide bonds. The van der Waals surface area contributed by atoms with Crippen molar-refractivity contribution in [2.75, 3.05) is 7.11 Å². The molecule has 4 nitrogen and oxygen atoms in total. The third-order valence-corrected chi connectivity index (χ3v) is 2.60. The minimum atomic E-state index is 0.0148. The van der Waals surface area contributed by atoms with Gasteiger partial charge in [0.25, 0.3) is 0 Å². The summed E-state index contributed by atoms with van der Waals surface area (Å²) in [5.74, 6) is 1.24. The monoisotopic (exact) mass is 245 g/mol. The molecule has 0 N–H and O–H groups in total. The summed E-state index contributed by atoms with van der Waals surface area (Å²) in [6, 6.07) is 7.34. The van der Waals surface area contributed by atoms with Gasteiger partial charge in [-0.25, -0.2) is 4.98 Å². The normalized spacial score (nSPS) is 10.3. The van der Waals surface area contributed by atoms with Crippen molar-refractivity contribution in [2.45, 2.75) is 19.8 Å². The Morgan fingerprint density at radius 1 is 1.33 bits per heavy atom. The molecule has 0 fully saturated rings. The average molecular weight is 245 g/mol. The van der Waals surface area contributed by atoms with E-state index in [2.05, 4.69) is 4.98 Å². The van der Waals surface area contributed by atoms with Crippen LogP contribution in [0, 0.1) is 0 Å². The molecule has 0 aliphatic heterocycles. The Bertz CT molecular complexity index is 528. The number of benzene rings is 1. The number of hydrogen-bond donors (Lipinski definition) is 0. The Labute approximate surface area is 106 Å². The number of nitrogens with zero attached hydrogens (tertiary/aromatic N) is 1. The van der Waals surface area contributed by atoms with E-state index in [1.807, 2.05) is 31.2 Å². The van der Waals surface area contributed by atoms with Crippen molar-refractivity contribution in [3.63, 3.8) is 0 Å². The molecule has 0 bridgehead atoms. The number of hydrogen-bond acceptors (Lipinski definition) is 4. The first-order chi connectivity index (χ1) is 8.74. The molecule has 0 radical (unpaired) electrons. The third-order valence-electron chi connectivity index (χ3n) is 2.60. The van der Waals surface area contributed by atoms with E-state index in [9.17, 15) is 4.79 Å². The van der Waals surface area contributed by atoms with Crippen molar-refractivity contribution in [1.82, 2.24) is 4.98 Å². The topological polar surface area (TPSA) is 52.3 Å². The van der Waals surface area contributed by atoms with Crippen LogP contribution in [0.1, 0.15) is 30.3 Å². The van der Waals surface area contributed by atoms with Crippen LogP contribution >= 0.6 is 0 Å². The standard InChI is InChI=1S/C14H15NO3/c1-3-4-13(16)12-9-18-14(15-12)10-5-7-11(17-2)8-6-10/h5-9H,3-4H2,1-2H3. The van der Waals surface area contributed by atoms with Crippen LogP contribution in [0.4, 0.5) is 0 Å². The minimum Gasteiger partial charge on any atom is -0.497 e. The first-order valence-electron chi connectivity index (χ1n) is 5.87. The summed E-state index contributed by atoms with van der Waals surface area (Å²) >= 11 is 0. The number of carbonyl (C=O) groups is 1. The number of ether oxygens (including phenoxy) is 1. The maximum absolute atomic E-state index is 11.6. The molecule has 94 valence electrons. The Morgan fingerprint density at radius 3 is 2.67 bits per heavy atom. The Kier molecular flexibility index (Phi) is 3.77. The van der Waals surface area contributed by atoms with Gasteiger partial charge in [-0.3, -0.25) is 4.79 Å². The number of carbonyl (C=O) groups excluding carboxylic acids is 1. The van der Waals surface area contributed by atoms with Gasteiger partial charge in [0.05, 0.1) is 7.11 Å². The molecule has 18 heavy (non-hydrogen) atoms. The molecule has 2 aromatic rings. The molecular weight excluding hydrogens is 230 g/mol. The molecule has 0 aliphatic carbocycles. The quantitative estimate of drug-likeness (QED) is 0.758. The summed E-state index contributed by atoms with van der Waals surface area (Å²) in [5, 5.41) is 0. The van der Waals surface area contributed by atoms with E-state index in [0.717, 1.165) is 17.7 Å². The number of ketones is 1. The first-order valence-corrected chi connectivity index (χ1v) is 5.87. The third kappa shape index (κ3) is 2.59. The van der Waals surface area contributed by atoms with Gasteiger partial charge in [-0.15, -0.1) is 0 Å². The fraction of sp³-hybridized carbons (Fsp3) is 0.286. The van der Waals surface area contributed by atoms with Gasteiger partial charge in [-0.05, 0) is 30.7 Å². The molecule has 4 heteroatoms. The zero-order valence-electron chi connectivity index (χ0n) is 10.5. The highest BCUT2D eigenvalue weighted by Gasteiger charge is 2.12. The average Bonchev–Trinajstić information content (AvgIpc) is 2.89. The highest BCUT2D eigenvalue weighted by Crippen LogP contribution is 2.22. The van der Waals surface area contributed by atoms with Crippen LogP contribution in [0.3, 0.4) is 0 Å². The Morgan fingerprint density at radius 2 is 2.06 bits per heavy atom. The van der Waals surface area contributed by atoms with Gasteiger partial charge in [0.2, 0.25) is 5.89 Å². The van der Waals surface area contributed by atoms with Gasteiger partial charge in [0.1, 0.15) is 17.7 Å². The van der Waals surface area contributed by atoms with E-state index in [1.165, 1.54) is 6.26 Å². The number of methoxy groups -OCH3 is 1. The highest BCUT2D eigenvalue weighted by molar-refractivity contribution is 5.94. The zero-order valence-corrected chi connectivity index (χ0v) is 10.5. The summed E-state index contributed by atoms with van der Waals surface area (Å²) in [4.78, 5) is 15.8. The molecule has 2 rings (SSSR count). The maximum Gasteiger partial charge on any atom is 0.226 e. The van der Waals surface area contributed by atoms with Crippen LogP contribution in [0.5, 0.6) is 5.75 Å². The highest BCUT2D eigenvalue weighted by atomic mass is 16.5. The number of rotatable bonds is 5. The number of oxazole rings is 1. The zero-order chi connectivity index (χ0) is 13.0. The van der Waals surface area contributed by atoms with Gasteiger partial charge < -0.3 is 9.15 Å². The smallest absolute Gasteiger partial charge is 0.226 e. The molecule has 0 saturated carbocycles. The van der Waals surface area contributed by atoms with E-state index in [1.54, 1.807) is 7.11 Å². The van der Waals surface area contributed by atoms with E-state index in [0.29, 0.717) is 18.0 Å². The van der Waals surface area contributed by atoms with Crippen molar-refractivity contribution < 1.29 is 13.9 Å². The Hall–Kier alpha value is -2.10. The molecule has 1 aromatic carbocycles. The van der Waals surface area contributed by atoms with Crippen LogP contribution < -0.4 is 4.74 Å². The molecular formula is C14H15NO3. The SMILES string of the molecule is CCCC(=O)c1coc(-c2ccc(OC)cc2)n1. The van der Waals surface area contributed by atoms with Gasteiger partial charge >= 0.3 is 0 Å². The van der Waals surface area contributed by atoms with E-state index in [-0.39, 0.29) is 5.78 Å². The lowest BCUT2D eigenvalue weighted by Crippen LogP contribution is -1.98. The number of Topliss-reactive ketones (excluding diaryl/α,β-unsaturated/α-hetero) is 1. The lowest BCUT2D eigenvalue weighted by molar-refractivity contribution is 0.0977. The second kappa shape index (κ2) is 5.49. The molecule has 0 atom stereocenters. The van der Waals surface area contributed by atoms with Crippen molar-refractivity contribution in [3.05, 3.63) is 36.2 Å². The maximum atomic E-state index is 11.6. The molecule has 0 aliphatic rings. The van der Waals surface area contributed by atoms with Gasteiger partial charge in [-0.2, -0.15) is 0 Å². The molecule has 0 saturated heterocycles. The summed E-state index contributed by atoms with van der Waals surface area (Å²) < 4.78 is 10.4. The van der Waals surface area contributed by atoms with Gasteiger partial charge in [0, 0.05) is 12.0 Å². The number of aromatic nitrogens is 1. The van der Waals surface area contributed by atoms with E-state index in [4.69, 9.17) is 9.15 Å². The van der Waals surface area contributed by atoms with Crippen LogP contribution in [0.25, 0.3) is 11.5 Å². The van der Waals surface area contributed by atoms with Crippen molar-refractivity contribution in [3.8, 4) is 17.2 Å². The van der Waals surface area contributed by atoms with Crippen molar-refractivity contribution >= 4 is 5.78 Å². The summed E-state index contributed by atoms with van der Waals surface area (Å²) in [6.45, 7) is 1.96. The van der Waals surface area contributed by atoms with Crippen molar-refractivity contribution in [2.24, 2.45) is 0 Å². The van der Waals surface area contributed by atoms with Crippen LogP contribution in [0.2, 0.25) is 0 Å². The van der Waals surface area contributed by atoms with E-state index < -0.39 is 0 Å². The largest absolute Gasteiger partial charge is 0.497 e. The van der Waals surface area contributed by atoms with Crippen LogP contribution in [-0.2, 0) is 0 Å². The second-order valence-electron chi connectivity index (χ2n) is 3.94. The fourth-order valence-electron chi connectivity index (χ4n) is 1.62. The lowest BCUT2D eigenvalue weighted by atomic mass is 10.2. The van der Waals surface area contributed by atoms with Crippen LogP contribution in [-0.4, -0.2) is 17.9 Å². The Balaban J connectivity index is 2.20.